The summed E-state index contributed by atoms with van der Waals surface area (Å²) in [6.07, 6.45) is 0. The maximum absolute atomic E-state index is 9.19. The number of rotatable bonds is 5. The lowest BCUT2D eigenvalue weighted by atomic mass is 10.1. The first-order valence-corrected chi connectivity index (χ1v) is 8.98. The molecule has 0 atom stereocenters. The largest absolute Gasteiger partial charge is 0.477 e. The molecule has 0 aliphatic carbocycles. The third-order valence-corrected chi connectivity index (χ3v) is 4.85. The zero-order valence-corrected chi connectivity index (χ0v) is 15.6. The number of thiazole rings is 1. The fourth-order valence-corrected chi connectivity index (χ4v) is 3.54. The van der Waals surface area contributed by atoms with Crippen molar-refractivity contribution in [3.8, 4) is 22.4 Å². The van der Waals surface area contributed by atoms with Crippen LogP contribution in [0.5, 0.6) is 5.88 Å². The van der Waals surface area contributed by atoms with E-state index in [1.165, 1.54) is 4.88 Å². The van der Waals surface area contributed by atoms with E-state index in [1.54, 1.807) is 17.4 Å². The minimum Gasteiger partial charge on any atom is -0.477 e. The zero-order chi connectivity index (χ0) is 18.7. The molecule has 0 aliphatic heterocycles. The van der Waals surface area contributed by atoms with E-state index >= 15 is 0 Å². The summed E-state index contributed by atoms with van der Waals surface area (Å²) >= 11 is 1.68. The van der Waals surface area contributed by atoms with Crippen molar-refractivity contribution in [1.82, 2.24) is 9.97 Å². The molecule has 0 saturated heterocycles. The number of aryl methyl sites for hydroxylation is 2. The number of hydrogen-bond acceptors (Lipinski definition) is 7. The van der Waals surface area contributed by atoms with Gasteiger partial charge in [-0.15, -0.1) is 11.3 Å². The highest BCUT2D eigenvalue weighted by Crippen LogP contribution is 2.31. The smallest absolute Gasteiger partial charge is 0.235 e. The number of nitriles is 1. The monoisotopic (exact) mass is 365 g/mol. The summed E-state index contributed by atoms with van der Waals surface area (Å²) in [7, 11) is 0. The van der Waals surface area contributed by atoms with E-state index in [9.17, 15) is 5.26 Å². The average molecular weight is 365 g/mol. The second-order valence-electron chi connectivity index (χ2n) is 5.67. The van der Waals surface area contributed by atoms with E-state index in [1.807, 2.05) is 51.1 Å². The van der Waals surface area contributed by atoms with Crippen LogP contribution in [-0.2, 0) is 0 Å². The van der Waals surface area contributed by atoms with E-state index in [0.717, 1.165) is 22.0 Å². The minimum absolute atomic E-state index is 0.241. The summed E-state index contributed by atoms with van der Waals surface area (Å²) in [6.45, 7) is 6.27. The molecule has 3 aromatic rings. The molecule has 0 amide bonds. The van der Waals surface area contributed by atoms with Gasteiger partial charge in [-0.1, -0.05) is 12.1 Å². The molecule has 0 unspecified atom stereocenters. The van der Waals surface area contributed by atoms with E-state index in [0.29, 0.717) is 18.1 Å². The van der Waals surface area contributed by atoms with Gasteiger partial charge in [-0.2, -0.15) is 10.2 Å². The lowest BCUT2D eigenvalue weighted by Gasteiger charge is -2.11. The summed E-state index contributed by atoms with van der Waals surface area (Å²) < 4.78 is 5.42. The number of benzene rings is 1. The lowest BCUT2D eigenvalue weighted by Crippen LogP contribution is -2.04. The normalized spacial score (nSPS) is 10.4. The number of nitrogens with zero attached hydrogens (tertiary/aromatic N) is 3. The first-order valence-electron chi connectivity index (χ1n) is 8.16. The molecular formula is C19H19N5OS. The molecule has 2 aromatic heterocycles. The summed E-state index contributed by atoms with van der Waals surface area (Å²) in [5.41, 5.74) is 9.57. The van der Waals surface area contributed by atoms with Crippen LogP contribution in [0.25, 0.3) is 10.4 Å². The van der Waals surface area contributed by atoms with Gasteiger partial charge in [0.1, 0.15) is 17.5 Å². The second kappa shape index (κ2) is 7.42. The molecule has 132 valence electrons. The van der Waals surface area contributed by atoms with Gasteiger partial charge in [-0.25, -0.2) is 4.98 Å². The summed E-state index contributed by atoms with van der Waals surface area (Å²) in [6, 6.07) is 11.7. The van der Waals surface area contributed by atoms with Gasteiger partial charge in [-0.3, -0.25) is 0 Å². The van der Waals surface area contributed by atoms with Crippen LogP contribution in [0.1, 0.15) is 23.2 Å². The Kier molecular flexibility index (Phi) is 5.05. The van der Waals surface area contributed by atoms with Crippen LogP contribution in [0.3, 0.4) is 0 Å². The molecule has 3 N–H and O–H groups in total. The van der Waals surface area contributed by atoms with Gasteiger partial charge < -0.3 is 15.8 Å². The van der Waals surface area contributed by atoms with Crippen LogP contribution < -0.4 is 15.8 Å². The SMILES string of the molecule is CCOc1nc(Nc2ccc(-c3sc(C)nc3C)cc2)cc(N)c1C#N. The van der Waals surface area contributed by atoms with Crippen molar-refractivity contribution >= 4 is 28.5 Å². The van der Waals surface area contributed by atoms with Crippen LogP contribution >= 0.6 is 11.3 Å². The Hall–Kier alpha value is -3.11. The highest BCUT2D eigenvalue weighted by Gasteiger charge is 2.12. The van der Waals surface area contributed by atoms with Crippen LogP contribution in [0.15, 0.2) is 30.3 Å². The van der Waals surface area contributed by atoms with Gasteiger partial charge in [0.15, 0.2) is 0 Å². The molecule has 0 aliphatic rings. The van der Waals surface area contributed by atoms with Crippen LogP contribution in [0.4, 0.5) is 17.2 Å². The van der Waals surface area contributed by atoms with Gasteiger partial charge in [-0.05, 0) is 38.5 Å². The Balaban J connectivity index is 1.85. The Labute approximate surface area is 156 Å². The fourth-order valence-electron chi connectivity index (χ4n) is 2.61. The van der Waals surface area contributed by atoms with Gasteiger partial charge >= 0.3 is 0 Å². The van der Waals surface area contributed by atoms with Crippen LogP contribution in [0, 0.1) is 25.2 Å². The number of aromatic nitrogens is 2. The van der Waals surface area contributed by atoms with Gasteiger partial charge in [0.2, 0.25) is 5.88 Å². The molecule has 7 heteroatoms. The van der Waals surface area contributed by atoms with Crippen molar-refractivity contribution in [3.63, 3.8) is 0 Å². The Morgan fingerprint density at radius 1 is 1.23 bits per heavy atom. The predicted molar refractivity (Wildman–Crippen MR) is 105 cm³/mol. The van der Waals surface area contributed by atoms with Crippen LogP contribution in [0.2, 0.25) is 0 Å². The van der Waals surface area contributed by atoms with Crippen molar-refractivity contribution in [2.24, 2.45) is 0 Å². The van der Waals surface area contributed by atoms with Gasteiger partial charge in [0.05, 0.1) is 27.9 Å². The lowest BCUT2D eigenvalue weighted by molar-refractivity contribution is 0.326. The highest BCUT2D eigenvalue weighted by molar-refractivity contribution is 7.15. The fraction of sp³-hybridized carbons (Fsp3) is 0.211. The first-order chi connectivity index (χ1) is 12.5. The quantitative estimate of drug-likeness (QED) is 0.695. The maximum Gasteiger partial charge on any atom is 0.235 e. The third kappa shape index (κ3) is 3.60. The zero-order valence-electron chi connectivity index (χ0n) is 14.8. The van der Waals surface area contributed by atoms with Crippen molar-refractivity contribution in [2.45, 2.75) is 20.8 Å². The third-order valence-electron chi connectivity index (χ3n) is 3.73. The Bertz CT molecular complexity index is 973. The molecule has 0 fully saturated rings. The molecule has 26 heavy (non-hydrogen) atoms. The standard InChI is InChI=1S/C19H19N5OS/c1-4-25-19-15(10-20)16(21)9-17(24-19)23-14-7-5-13(6-8-14)18-11(2)22-12(3)26-18/h5-9H,4H2,1-3H3,(H3,21,23,24). The topological polar surface area (TPSA) is 96.8 Å². The molecule has 2 heterocycles. The second-order valence-corrected chi connectivity index (χ2v) is 6.87. The van der Waals surface area contributed by atoms with Crippen molar-refractivity contribution in [3.05, 3.63) is 46.6 Å². The predicted octanol–water partition coefficient (Wildman–Crippen LogP) is 4.42. The molecular weight excluding hydrogens is 346 g/mol. The van der Waals surface area contributed by atoms with Gasteiger partial charge in [0, 0.05) is 11.8 Å². The summed E-state index contributed by atoms with van der Waals surface area (Å²) in [5, 5.41) is 13.5. The number of hydrogen-bond donors (Lipinski definition) is 2. The summed E-state index contributed by atoms with van der Waals surface area (Å²) in [5.74, 6) is 0.771. The number of nitrogens with one attached hydrogen (secondary N) is 1. The van der Waals surface area contributed by atoms with Crippen molar-refractivity contribution in [1.29, 1.82) is 5.26 Å². The van der Waals surface area contributed by atoms with E-state index in [-0.39, 0.29) is 11.4 Å². The number of anilines is 3. The molecule has 6 nitrogen and oxygen atoms in total. The van der Waals surface area contributed by atoms with E-state index < -0.39 is 0 Å². The summed E-state index contributed by atoms with van der Waals surface area (Å²) in [4.78, 5) is 9.99. The number of nitrogen functional groups attached to an aromatic ring is 1. The number of nitrogens with two attached hydrogens (primary N) is 1. The first kappa shape index (κ1) is 17.7. The molecule has 3 rings (SSSR count). The minimum atomic E-state index is 0.241. The van der Waals surface area contributed by atoms with E-state index in [2.05, 4.69) is 15.3 Å². The van der Waals surface area contributed by atoms with Crippen LogP contribution in [-0.4, -0.2) is 16.6 Å². The molecule has 0 bridgehead atoms. The Morgan fingerprint density at radius 2 is 1.96 bits per heavy atom. The molecule has 1 aromatic carbocycles. The molecule has 0 spiro atoms. The van der Waals surface area contributed by atoms with Crippen molar-refractivity contribution in [2.75, 3.05) is 17.7 Å². The average Bonchev–Trinajstić information content (AvgIpc) is 2.94. The Morgan fingerprint density at radius 3 is 2.54 bits per heavy atom. The van der Waals surface area contributed by atoms with Gasteiger partial charge in [0.25, 0.3) is 0 Å². The number of pyridine rings is 1. The van der Waals surface area contributed by atoms with Crippen molar-refractivity contribution < 1.29 is 4.74 Å². The van der Waals surface area contributed by atoms with E-state index in [4.69, 9.17) is 10.5 Å². The molecule has 0 saturated carbocycles. The highest BCUT2D eigenvalue weighted by atomic mass is 32.1. The molecule has 0 radical (unpaired) electrons. The number of ether oxygens (including phenoxy) is 1. The maximum atomic E-state index is 9.19.